The van der Waals surface area contributed by atoms with Gasteiger partial charge in [0.1, 0.15) is 5.01 Å². The summed E-state index contributed by atoms with van der Waals surface area (Å²) in [5.74, 6) is -1.61. The Labute approximate surface area is 212 Å². The van der Waals surface area contributed by atoms with Gasteiger partial charge in [0.15, 0.2) is 5.76 Å². The predicted molar refractivity (Wildman–Crippen MR) is 139 cm³/mol. The van der Waals surface area contributed by atoms with Crippen molar-refractivity contribution < 1.29 is 14.7 Å². The van der Waals surface area contributed by atoms with Gasteiger partial charge in [0.2, 0.25) is 5.78 Å². The van der Waals surface area contributed by atoms with Gasteiger partial charge in [-0.25, -0.2) is 4.98 Å². The lowest BCUT2D eigenvalue weighted by Crippen LogP contribution is -2.31. The molecule has 4 aromatic rings. The van der Waals surface area contributed by atoms with E-state index in [-0.39, 0.29) is 5.57 Å². The van der Waals surface area contributed by atoms with Crippen molar-refractivity contribution in [3.8, 4) is 10.6 Å². The molecule has 1 N–H and O–H groups in total. The van der Waals surface area contributed by atoms with Crippen LogP contribution < -0.4 is 4.90 Å². The summed E-state index contributed by atoms with van der Waals surface area (Å²) in [5, 5.41) is 12.2. The summed E-state index contributed by atoms with van der Waals surface area (Å²) in [6, 6.07) is 23.3. The lowest BCUT2D eigenvalue weighted by Gasteiger charge is -2.28. The van der Waals surface area contributed by atoms with Gasteiger partial charge in [-0.15, -0.1) is 11.3 Å². The smallest absolute Gasteiger partial charge is 0.294 e. The van der Waals surface area contributed by atoms with E-state index in [4.69, 9.17) is 11.6 Å². The Kier molecular flexibility index (Phi) is 6.01. The molecule has 0 aliphatic carbocycles. The first kappa shape index (κ1) is 23.0. The van der Waals surface area contributed by atoms with E-state index in [9.17, 15) is 14.7 Å². The van der Waals surface area contributed by atoms with Gasteiger partial charge in [-0.1, -0.05) is 78.3 Å². The molecule has 0 fully saturated rings. The van der Waals surface area contributed by atoms with E-state index >= 15 is 0 Å². The lowest BCUT2D eigenvalue weighted by molar-refractivity contribution is -0.117. The predicted octanol–water partition coefficient (Wildman–Crippen LogP) is 6.86. The SMILES string of the molecule is Cc1nc(-c2ccccc2)sc1C(=O)C1=C(O)C(=O)N(c2cccc(Cl)c2C)C1c1ccccc1. The van der Waals surface area contributed by atoms with Gasteiger partial charge in [-0.2, -0.15) is 0 Å². The third-order valence-corrected chi connectivity index (χ3v) is 7.70. The molecule has 5 nitrogen and oxygen atoms in total. The van der Waals surface area contributed by atoms with Crippen LogP contribution in [0.4, 0.5) is 5.69 Å². The number of aromatic nitrogens is 1. The Morgan fingerprint density at radius 3 is 2.31 bits per heavy atom. The van der Waals surface area contributed by atoms with Crippen LogP contribution >= 0.6 is 22.9 Å². The number of nitrogens with zero attached hydrogens (tertiary/aromatic N) is 2. The zero-order chi connectivity index (χ0) is 24.7. The van der Waals surface area contributed by atoms with E-state index in [2.05, 4.69) is 4.98 Å². The number of anilines is 1. The molecule has 1 amide bonds. The maximum Gasteiger partial charge on any atom is 0.294 e. The molecule has 1 aliphatic heterocycles. The average Bonchev–Trinajstić information content (AvgIpc) is 3.39. The highest BCUT2D eigenvalue weighted by atomic mass is 35.5. The summed E-state index contributed by atoms with van der Waals surface area (Å²) < 4.78 is 0. The number of benzene rings is 3. The number of aliphatic hydroxyl groups excluding tert-OH is 1. The van der Waals surface area contributed by atoms with Crippen molar-refractivity contribution in [3.63, 3.8) is 0 Å². The molecule has 1 aliphatic rings. The van der Waals surface area contributed by atoms with Crippen LogP contribution in [0.2, 0.25) is 5.02 Å². The molecule has 2 heterocycles. The monoisotopic (exact) mass is 500 g/mol. The molecule has 3 aromatic carbocycles. The van der Waals surface area contributed by atoms with E-state index in [1.54, 1.807) is 25.1 Å². The first-order chi connectivity index (χ1) is 16.9. The lowest BCUT2D eigenvalue weighted by atomic mass is 9.94. The zero-order valence-corrected chi connectivity index (χ0v) is 20.6. The standard InChI is InChI=1S/C28H21ClN2O3S/c1-16-20(29)14-9-15-21(16)31-23(18-10-5-3-6-11-18)22(25(33)28(31)34)24(32)26-17(2)30-27(35-26)19-12-7-4-8-13-19/h3-15,23,33H,1-2H3. The van der Waals surface area contributed by atoms with Gasteiger partial charge < -0.3 is 5.11 Å². The number of amides is 1. The number of Topliss-reactive ketones (excluding diaryl/α,β-unsaturated/α-hetero) is 1. The number of aryl methyl sites for hydroxylation is 1. The molecular formula is C28H21ClN2O3S. The summed E-state index contributed by atoms with van der Waals surface area (Å²) in [6.07, 6.45) is 0. The summed E-state index contributed by atoms with van der Waals surface area (Å²) in [6.45, 7) is 3.57. The van der Waals surface area contributed by atoms with E-state index in [1.807, 2.05) is 67.6 Å². The molecule has 7 heteroatoms. The van der Waals surface area contributed by atoms with Gasteiger partial charge in [0.05, 0.1) is 22.2 Å². The average molecular weight is 501 g/mol. The van der Waals surface area contributed by atoms with Crippen molar-refractivity contribution in [2.75, 3.05) is 4.90 Å². The normalized spacial score (nSPS) is 15.7. The molecule has 0 saturated heterocycles. The molecule has 1 atom stereocenters. The fourth-order valence-electron chi connectivity index (χ4n) is 4.33. The molecule has 1 aromatic heterocycles. The number of hydrogen-bond acceptors (Lipinski definition) is 5. The number of thiazole rings is 1. The Morgan fingerprint density at radius 1 is 0.971 bits per heavy atom. The molecule has 0 saturated carbocycles. The Morgan fingerprint density at radius 2 is 1.63 bits per heavy atom. The van der Waals surface area contributed by atoms with Crippen LogP contribution in [0.15, 0.2) is 90.2 Å². The first-order valence-corrected chi connectivity index (χ1v) is 12.2. The summed E-state index contributed by atoms with van der Waals surface area (Å²) in [4.78, 5) is 33.8. The van der Waals surface area contributed by atoms with Gasteiger partial charge >= 0.3 is 0 Å². The number of aliphatic hydroxyl groups is 1. The van der Waals surface area contributed by atoms with E-state index in [0.29, 0.717) is 37.4 Å². The van der Waals surface area contributed by atoms with Crippen molar-refractivity contribution >= 4 is 40.3 Å². The van der Waals surface area contributed by atoms with Crippen molar-refractivity contribution in [2.24, 2.45) is 0 Å². The second kappa shape index (κ2) is 9.13. The fraction of sp³-hybridized carbons (Fsp3) is 0.107. The van der Waals surface area contributed by atoms with Crippen LogP contribution in [-0.4, -0.2) is 21.8 Å². The van der Waals surface area contributed by atoms with Gasteiger partial charge in [0, 0.05) is 16.3 Å². The van der Waals surface area contributed by atoms with Crippen molar-refractivity contribution in [3.05, 3.63) is 117 Å². The van der Waals surface area contributed by atoms with Gasteiger partial charge in [0.25, 0.3) is 5.91 Å². The number of rotatable bonds is 5. The summed E-state index contributed by atoms with van der Waals surface area (Å²) in [7, 11) is 0. The number of carbonyl (C=O) groups excluding carboxylic acids is 2. The van der Waals surface area contributed by atoms with Crippen LogP contribution in [0.25, 0.3) is 10.6 Å². The van der Waals surface area contributed by atoms with Crippen molar-refractivity contribution in [1.82, 2.24) is 4.98 Å². The minimum absolute atomic E-state index is 0.0342. The minimum atomic E-state index is -0.810. The van der Waals surface area contributed by atoms with E-state index < -0.39 is 23.5 Å². The molecule has 174 valence electrons. The van der Waals surface area contributed by atoms with Crippen LogP contribution in [0.5, 0.6) is 0 Å². The molecule has 35 heavy (non-hydrogen) atoms. The van der Waals surface area contributed by atoms with Gasteiger partial charge in [-0.3, -0.25) is 14.5 Å². The van der Waals surface area contributed by atoms with Crippen molar-refractivity contribution in [1.29, 1.82) is 0 Å². The fourth-order valence-corrected chi connectivity index (χ4v) is 5.52. The van der Waals surface area contributed by atoms with Crippen LogP contribution in [0.3, 0.4) is 0 Å². The molecule has 0 radical (unpaired) electrons. The number of halogens is 1. The highest BCUT2D eigenvalue weighted by molar-refractivity contribution is 7.17. The molecule has 1 unspecified atom stereocenters. The zero-order valence-electron chi connectivity index (χ0n) is 19.0. The second-order valence-corrected chi connectivity index (χ2v) is 9.67. The van der Waals surface area contributed by atoms with Crippen LogP contribution in [0.1, 0.15) is 32.5 Å². The van der Waals surface area contributed by atoms with Crippen LogP contribution in [-0.2, 0) is 4.79 Å². The Hall–Kier alpha value is -3.74. The van der Waals surface area contributed by atoms with Gasteiger partial charge in [-0.05, 0) is 37.1 Å². The summed E-state index contributed by atoms with van der Waals surface area (Å²) >= 11 is 7.61. The topological polar surface area (TPSA) is 70.5 Å². The highest BCUT2D eigenvalue weighted by Gasteiger charge is 2.45. The third-order valence-electron chi connectivity index (χ3n) is 6.09. The van der Waals surface area contributed by atoms with Crippen LogP contribution in [0, 0.1) is 13.8 Å². The molecule has 0 bridgehead atoms. The highest BCUT2D eigenvalue weighted by Crippen LogP contribution is 2.44. The largest absolute Gasteiger partial charge is 0.503 e. The quantitative estimate of drug-likeness (QED) is 0.304. The second-order valence-electron chi connectivity index (χ2n) is 8.26. The number of hydrogen-bond donors (Lipinski definition) is 1. The molecular weight excluding hydrogens is 480 g/mol. The summed E-state index contributed by atoms with van der Waals surface area (Å²) in [5.41, 5.74) is 3.42. The molecule has 0 spiro atoms. The van der Waals surface area contributed by atoms with E-state index in [1.165, 1.54) is 16.2 Å². The van der Waals surface area contributed by atoms with Crippen molar-refractivity contribution in [2.45, 2.75) is 19.9 Å². The number of carbonyl (C=O) groups is 2. The Balaban J connectivity index is 1.65. The van der Waals surface area contributed by atoms with E-state index in [0.717, 1.165) is 5.56 Å². The Bertz CT molecular complexity index is 1480. The number of ketones is 1. The maximum atomic E-state index is 13.9. The third kappa shape index (κ3) is 3.95. The first-order valence-electron chi connectivity index (χ1n) is 11.0. The maximum absolute atomic E-state index is 13.9. The molecule has 5 rings (SSSR count). The minimum Gasteiger partial charge on any atom is -0.503 e.